The van der Waals surface area contributed by atoms with Gasteiger partial charge in [-0.1, -0.05) is 16.7 Å². The number of nitrogens with one attached hydrogen (secondary N) is 1. The van der Waals surface area contributed by atoms with Gasteiger partial charge < -0.3 is 5.32 Å². The number of nitrogens with zero attached hydrogens (tertiary/aromatic N) is 3. The number of halogens is 1. The lowest BCUT2D eigenvalue weighted by Crippen LogP contribution is -2.26. The first-order valence-corrected chi connectivity index (χ1v) is 5.08. The first-order chi connectivity index (χ1) is 7.65. The summed E-state index contributed by atoms with van der Waals surface area (Å²) < 4.78 is 0. The Balaban J connectivity index is 2.62. The number of rotatable bonds is 4. The predicted octanol–water partition coefficient (Wildman–Crippen LogP) is 2.69. The summed E-state index contributed by atoms with van der Waals surface area (Å²) in [6, 6.07) is 5.06. The quantitative estimate of drug-likeness (QED) is 0.372. The Bertz CT molecular complexity index is 440. The van der Waals surface area contributed by atoms with Gasteiger partial charge in [-0.3, -0.25) is 4.79 Å². The van der Waals surface area contributed by atoms with Gasteiger partial charge in [0.05, 0.1) is 0 Å². The fourth-order valence-corrected chi connectivity index (χ4v) is 1.47. The van der Waals surface area contributed by atoms with Crippen LogP contribution in [0.4, 0.5) is 0 Å². The number of carbonyl (C=O) groups excluding carboxylic acids is 1. The molecule has 0 aliphatic rings. The average Bonchev–Trinajstić information content (AvgIpc) is 2.24. The minimum atomic E-state index is -0.192. The molecule has 1 amide bonds. The Morgan fingerprint density at radius 2 is 2.38 bits per heavy atom. The Labute approximate surface area is 98.0 Å². The van der Waals surface area contributed by atoms with Gasteiger partial charge in [0.25, 0.3) is 5.91 Å². The second-order valence-electron chi connectivity index (χ2n) is 3.17. The summed E-state index contributed by atoms with van der Waals surface area (Å²) in [6.07, 6.45) is 0. The zero-order chi connectivity index (χ0) is 12.0. The average molecular weight is 239 g/mol. The van der Waals surface area contributed by atoms with Crippen LogP contribution in [0.3, 0.4) is 0 Å². The zero-order valence-corrected chi connectivity index (χ0v) is 9.53. The lowest BCUT2D eigenvalue weighted by atomic mass is 10.1. The van der Waals surface area contributed by atoms with Crippen LogP contribution in [-0.2, 0) is 0 Å². The molecule has 1 rings (SSSR count). The van der Waals surface area contributed by atoms with Gasteiger partial charge in [0.15, 0.2) is 0 Å². The topological polar surface area (TPSA) is 77.9 Å². The number of carbonyl (C=O) groups is 1. The molecule has 0 unspecified atom stereocenters. The highest BCUT2D eigenvalue weighted by molar-refractivity contribution is 6.30. The van der Waals surface area contributed by atoms with Crippen LogP contribution < -0.4 is 5.32 Å². The van der Waals surface area contributed by atoms with Crippen molar-refractivity contribution in [2.45, 2.75) is 6.92 Å². The van der Waals surface area contributed by atoms with Crippen LogP contribution in [0.25, 0.3) is 10.4 Å². The van der Waals surface area contributed by atoms with Crippen molar-refractivity contribution < 1.29 is 4.79 Å². The van der Waals surface area contributed by atoms with E-state index in [0.717, 1.165) is 5.56 Å². The molecule has 0 heterocycles. The number of hydrogen-bond donors (Lipinski definition) is 1. The third-order valence-electron chi connectivity index (χ3n) is 1.99. The van der Waals surface area contributed by atoms with E-state index in [4.69, 9.17) is 17.1 Å². The highest BCUT2D eigenvalue weighted by Gasteiger charge is 2.07. The Morgan fingerprint density at radius 3 is 3.00 bits per heavy atom. The fourth-order valence-electron chi connectivity index (χ4n) is 1.24. The summed E-state index contributed by atoms with van der Waals surface area (Å²) >= 11 is 5.78. The number of amides is 1. The third kappa shape index (κ3) is 3.46. The fraction of sp³-hybridized carbons (Fsp3) is 0.300. The molecule has 0 saturated carbocycles. The van der Waals surface area contributed by atoms with Crippen molar-refractivity contribution in [3.05, 3.63) is 44.8 Å². The van der Waals surface area contributed by atoms with E-state index in [2.05, 4.69) is 15.3 Å². The van der Waals surface area contributed by atoms with E-state index in [1.807, 2.05) is 6.92 Å². The van der Waals surface area contributed by atoms with E-state index >= 15 is 0 Å². The maximum atomic E-state index is 11.7. The van der Waals surface area contributed by atoms with Gasteiger partial charge in [-0.15, -0.1) is 0 Å². The van der Waals surface area contributed by atoms with Gasteiger partial charge in [-0.25, -0.2) is 0 Å². The van der Waals surface area contributed by atoms with E-state index in [1.165, 1.54) is 0 Å². The van der Waals surface area contributed by atoms with Crippen LogP contribution in [0, 0.1) is 6.92 Å². The van der Waals surface area contributed by atoms with Crippen LogP contribution in [0.1, 0.15) is 15.9 Å². The van der Waals surface area contributed by atoms with Crippen LogP contribution in [0.5, 0.6) is 0 Å². The van der Waals surface area contributed by atoms with Crippen molar-refractivity contribution in [2.75, 3.05) is 13.1 Å². The minimum absolute atomic E-state index is 0.192. The maximum Gasteiger partial charge on any atom is 0.251 e. The van der Waals surface area contributed by atoms with Crippen molar-refractivity contribution >= 4 is 17.5 Å². The van der Waals surface area contributed by atoms with E-state index in [0.29, 0.717) is 17.1 Å². The molecule has 1 aromatic rings. The molecule has 0 aliphatic carbocycles. The first kappa shape index (κ1) is 12.4. The van der Waals surface area contributed by atoms with Gasteiger partial charge in [-0.2, -0.15) is 0 Å². The monoisotopic (exact) mass is 238 g/mol. The summed E-state index contributed by atoms with van der Waals surface area (Å²) in [4.78, 5) is 14.2. The summed E-state index contributed by atoms with van der Waals surface area (Å²) in [5.41, 5.74) is 9.44. The molecule has 0 bridgehead atoms. The summed E-state index contributed by atoms with van der Waals surface area (Å²) in [5, 5.41) is 6.57. The van der Waals surface area contributed by atoms with Crippen LogP contribution in [-0.4, -0.2) is 19.0 Å². The summed E-state index contributed by atoms with van der Waals surface area (Å²) in [5.74, 6) is -0.192. The second-order valence-corrected chi connectivity index (χ2v) is 3.61. The molecule has 0 spiro atoms. The normalized spacial score (nSPS) is 9.38. The van der Waals surface area contributed by atoms with Crippen LogP contribution in [0.15, 0.2) is 23.3 Å². The second kappa shape index (κ2) is 6.00. The smallest absolute Gasteiger partial charge is 0.251 e. The highest BCUT2D eigenvalue weighted by Crippen LogP contribution is 2.14. The largest absolute Gasteiger partial charge is 0.352 e. The van der Waals surface area contributed by atoms with Gasteiger partial charge >= 0.3 is 0 Å². The van der Waals surface area contributed by atoms with Gasteiger partial charge in [-0.05, 0) is 36.2 Å². The predicted molar refractivity (Wildman–Crippen MR) is 62.5 cm³/mol. The number of aryl methyl sites for hydroxylation is 1. The zero-order valence-electron chi connectivity index (χ0n) is 8.77. The number of hydrogen-bond acceptors (Lipinski definition) is 2. The van der Waals surface area contributed by atoms with Crippen LogP contribution >= 0.6 is 11.6 Å². The Kier molecular flexibility index (Phi) is 4.64. The Hall–Kier alpha value is -1.71. The standard InChI is InChI=1S/C10H11ClN4O/c1-7-6-8(11)2-3-9(7)10(16)13-4-5-14-15-12/h2-3,6H,4-5H2,1H3,(H,13,16). The molecule has 1 N–H and O–H groups in total. The van der Waals surface area contributed by atoms with Crippen molar-refractivity contribution in [1.82, 2.24) is 5.32 Å². The lowest BCUT2D eigenvalue weighted by molar-refractivity contribution is 0.0954. The van der Waals surface area contributed by atoms with Crippen molar-refractivity contribution in [2.24, 2.45) is 5.11 Å². The van der Waals surface area contributed by atoms with Crippen LogP contribution in [0.2, 0.25) is 5.02 Å². The molecule has 6 heteroatoms. The molecule has 16 heavy (non-hydrogen) atoms. The van der Waals surface area contributed by atoms with Crippen molar-refractivity contribution in [1.29, 1.82) is 0 Å². The lowest BCUT2D eigenvalue weighted by Gasteiger charge is -2.06. The van der Waals surface area contributed by atoms with E-state index in [9.17, 15) is 4.79 Å². The van der Waals surface area contributed by atoms with Crippen molar-refractivity contribution in [3.8, 4) is 0 Å². The molecule has 0 atom stereocenters. The third-order valence-corrected chi connectivity index (χ3v) is 2.23. The first-order valence-electron chi connectivity index (χ1n) is 4.70. The molecule has 0 fully saturated rings. The SMILES string of the molecule is Cc1cc(Cl)ccc1C(=O)NCCN=[N+]=[N-]. The Morgan fingerprint density at radius 1 is 1.62 bits per heavy atom. The summed E-state index contributed by atoms with van der Waals surface area (Å²) in [6.45, 7) is 2.38. The van der Waals surface area contributed by atoms with Gasteiger partial charge in [0.1, 0.15) is 0 Å². The molecular weight excluding hydrogens is 228 g/mol. The molecule has 84 valence electrons. The maximum absolute atomic E-state index is 11.7. The minimum Gasteiger partial charge on any atom is -0.352 e. The van der Waals surface area contributed by atoms with Gasteiger partial charge in [0.2, 0.25) is 0 Å². The van der Waals surface area contributed by atoms with E-state index < -0.39 is 0 Å². The van der Waals surface area contributed by atoms with E-state index in [1.54, 1.807) is 18.2 Å². The molecule has 0 radical (unpaired) electrons. The van der Waals surface area contributed by atoms with E-state index in [-0.39, 0.29) is 12.5 Å². The number of azide groups is 1. The molecule has 0 aliphatic heterocycles. The molecular formula is C10H11ClN4O. The molecule has 0 aromatic heterocycles. The molecule has 0 saturated heterocycles. The number of benzene rings is 1. The highest BCUT2D eigenvalue weighted by atomic mass is 35.5. The van der Waals surface area contributed by atoms with Gasteiger partial charge in [0, 0.05) is 28.6 Å². The summed E-state index contributed by atoms with van der Waals surface area (Å²) in [7, 11) is 0. The molecule has 5 nitrogen and oxygen atoms in total. The molecule has 1 aromatic carbocycles. The van der Waals surface area contributed by atoms with Crippen molar-refractivity contribution in [3.63, 3.8) is 0 Å².